The molecule has 0 fully saturated rings. The van der Waals surface area contributed by atoms with Crippen molar-refractivity contribution in [1.82, 2.24) is 0 Å². The Hall–Kier alpha value is -2.49. The Bertz CT molecular complexity index is 609. The van der Waals surface area contributed by atoms with E-state index >= 15 is 0 Å². The van der Waals surface area contributed by atoms with E-state index in [9.17, 15) is 4.79 Å². The van der Waals surface area contributed by atoms with Crippen LogP contribution in [0.3, 0.4) is 0 Å². The average Bonchev–Trinajstić information content (AvgIpc) is 2.52. The standard InChI is InChI=1S/C18H22N2O2/c1-3-7-18(21)20-15-12-10-14(11-13-15)19-16-8-5-6-9-17(16)22-4-2/h5-6,8-13,19H,3-4,7H2,1-2H3,(H,20,21). The first-order valence-corrected chi connectivity index (χ1v) is 7.61. The van der Waals surface area contributed by atoms with Gasteiger partial charge in [0.25, 0.3) is 0 Å². The van der Waals surface area contributed by atoms with Gasteiger partial charge in [-0.3, -0.25) is 4.79 Å². The summed E-state index contributed by atoms with van der Waals surface area (Å²) in [4.78, 5) is 11.6. The molecule has 2 rings (SSSR count). The summed E-state index contributed by atoms with van der Waals surface area (Å²) in [7, 11) is 0. The molecule has 2 aromatic rings. The van der Waals surface area contributed by atoms with Crippen LogP contribution >= 0.6 is 0 Å². The van der Waals surface area contributed by atoms with Gasteiger partial charge in [-0.05, 0) is 49.7 Å². The van der Waals surface area contributed by atoms with Gasteiger partial charge in [-0.15, -0.1) is 0 Å². The zero-order valence-electron chi connectivity index (χ0n) is 13.1. The van der Waals surface area contributed by atoms with Crippen LogP contribution in [0, 0.1) is 0 Å². The van der Waals surface area contributed by atoms with Gasteiger partial charge in [0.05, 0.1) is 12.3 Å². The lowest BCUT2D eigenvalue weighted by molar-refractivity contribution is -0.116. The van der Waals surface area contributed by atoms with Crippen molar-refractivity contribution in [3.63, 3.8) is 0 Å². The zero-order chi connectivity index (χ0) is 15.8. The predicted octanol–water partition coefficient (Wildman–Crippen LogP) is 4.57. The van der Waals surface area contributed by atoms with Gasteiger partial charge < -0.3 is 15.4 Å². The van der Waals surface area contributed by atoms with Gasteiger partial charge in [-0.1, -0.05) is 19.1 Å². The van der Waals surface area contributed by atoms with Gasteiger partial charge in [0.1, 0.15) is 5.75 Å². The number of rotatable bonds is 7. The van der Waals surface area contributed by atoms with Crippen LogP contribution in [0.2, 0.25) is 0 Å². The van der Waals surface area contributed by atoms with Crippen molar-refractivity contribution in [2.45, 2.75) is 26.7 Å². The van der Waals surface area contributed by atoms with E-state index in [1.165, 1.54) is 0 Å². The quantitative estimate of drug-likeness (QED) is 0.787. The van der Waals surface area contributed by atoms with Crippen molar-refractivity contribution < 1.29 is 9.53 Å². The van der Waals surface area contributed by atoms with Crippen LogP contribution < -0.4 is 15.4 Å². The Morgan fingerprint density at radius 3 is 2.36 bits per heavy atom. The molecule has 0 radical (unpaired) electrons. The van der Waals surface area contributed by atoms with Crippen LogP contribution in [0.1, 0.15) is 26.7 Å². The predicted molar refractivity (Wildman–Crippen MR) is 90.9 cm³/mol. The van der Waals surface area contributed by atoms with Gasteiger partial charge in [-0.2, -0.15) is 0 Å². The maximum absolute atomic E-state index is 11.6. The summed E-state index contributed by atoms with van der Waals surface area (Å²) in [5.41, 5.74) is 2.68. The van der Waals surface area contributed by atoms with Gasteiger partial charge >= 0.3 is 0 Å². The number of nitrogens with one attached hydrogen (secondary N) is 2. The highest BCUT2D eigenvalue weighted by Gasteiger charge is 2.04. The molecular formula is C18H22N2O2. The Labute approximate surface area is 131 Å². The maximum atomic E-state index is 11.6. The van der Waals surface area contributed by atoms with E-state index in [-0.39, 0.29) is 5.91 Å². The van der Waals surface area contributed by atoms with Crippen LogP contribution in [0.5, 0.6) is 5.75 Å². The molecule has 4 nitrogen and oxygen atoms in total. The highest BCUT2D eigenvalue weighted by Crippen LogP contribution is 2.27. The summed E-state index contributed by atoms with van der Waals surface area (Å²) in [6.45, 7) is 4.58. The number of amides is 1. The van der Waals surface area contributed by atoms with E-state index < -0.39 is 0 Å². The molecule has 22 heavy (non-hydrogen) atoms. The minimum absolute atomic E-state index is 0.0462. The molecule has 0 aromatic heterocycles. The fraction of sp³-hybridized carbons (Fsp3) is 0.278. The lowest BCUT2D eigenvalue weighted by Crippen LogP contribution is -2.10. The molecule has 0 aliphatic heterocycles. The second kappa shape index (κ2) is 8.08. The monoisotopic (exact) mass is 298 g/mol. The van der Waals surface area contributed by atoms with Gasteiger partial charge in [0.15, 0.2) is 0 Å². The van der Waals surface area contributed by atoms with E-state index in [1.54, 1.807) is 0 Å². The average molecular weight is 298 g/mol. The first-order valence-electron chi connectivity index (χ1n) is 7.61. The summed E-state index contributed by atoms with van der Waals surface area (Å²) in [6.07, 6.45) is 1.39. The number of ether oxygens (including phenoxy) is 1. The number of carbonyl (C=O) groups is 1. The van der Waals surface area contributed by atoms with E-state index in [0.717, 1.165) is 29.2 Å². The molecule has 2 aromatic carbocycles. The lowest BCUT2D eigenvalue weighted by Gasteiger charge is -2.12. The number of para-hydroxylation sites is 2. The summed E-state index contributed by atoms with van der Waals surface area (Å²) in [6, 6.07) is 15.5. The number of anilines is 3. The summed E-state index contributed by atoms with van der Waals surface area (Å²) >= 11 is 0. The maximum Gasteiger partial charge on any atom is 0.224 e. The van der Waals surface area contributed by atoms with Crippen molar-refractivity contribution in [2.24, 2.45) is 0 Å². The largest absolute Gasteiger partial charge is 0.492 e. The van der Waals surface area contributed by atoms with E-state index in [1.807, 2.05) is 62.4 Å². The Kier molecular flexibility index (Phi) is 5.83. The highest BCUT2D eigenvalue weighted by atomic mass is 16.5. The molecule has 0 saturated carbocycles. The molecular weight excluding hydrogens is 276 g/mol. The highest BCUT2D eigenvalue weighted by molar-refractivity contribution is 5.90. The molecule has 2 N–H and O–H groups in total. The summed E-state index contributed by atoms with van der Waals surface area (Å²) < 4.78 is 5.59. The Morgan fingerprint density at radius 2 is 1.68 bits per heavy atom. The molecule has 0 aliphatic carbocycles. The summed E-state index contributed by atoms with van der Waals surface area (Å²) in [5, 5.41) is 6.20. The topological polar surface area (TPSA) is 50.4 Å². The molecule has 0 unspecified atom stereocenters. The van der Waals surface area contributed by atoms with Gasteiger partial charge in [0.2, 0.25) is 5.91 Å². The first-order chi connectivity index (χ1) is 10.7. The second-order valence-electron chi connectivity index (χ2n) is 4.93. The fourth-order valence-corrected chi connectivity index (χ4v) is 2.09. The van der Waals surface area contributed by atoms with E-state index in [0.29, 0.717) is 13.0 Å². The van der Waals surface area contributed by atoms with Crippen LogP contribution in [-0.4, -0.2) is 12.5 Å². The minimum atomic E-state index is 0.0462. The van der Waals surface area contributed by atoms with Crippen LogP contribution in [0.25, 0.3) is 0 Å². The van der Waals surface area contributed by atoms with Crippen molar-refractivity contribution in [3.8, 4) is 5.75 Å². The molecule has 0 atom stereocenters. The van der Waals surface area contributed by atoms with Crippen LogP contribution in [-0.2, 0) is 4.79 Å². The lowest BCUT2D eigenvalue weighted by atomic mass is 10.2. The molecule has 116 valence electrons. The molecule has 0 aliphatic rings. The molecule has 0 bridgehead atoms. The summed E-state index contributed by atoms with van der Waals surface area (Å²) in [5.74, 6) is 0.871. The van der Waals surface area contributed by atoms with E-state index in [4.69, 9.17) is 4.74 Å². The normalized spacial score (nSPS) is 10.1. The van der Waals surface area contributed by atoms with Gasteiger partial charge in [-0.25, -0.2) is 0 Å². The van der Waals surface area contributed by atoms with Crippen molar-refractivity contribution in [3.05, 3.63) is 48.5 Å². The second-order valence-corrected chi connectivity index (χ2v) is 4.93. The van der Waals surface area contributed by atoms with Crippen LogP contribution in [0.15, 0.2) is 48.5 Å². The number of benzene rings is 2. The SMILES string of the molecule is CCCC(=O)Nc1ccc(Nc2ccccc2OCC)cc1. The number of carbonyl (C=O) groups excluding carboxylic acids is 1. The third-order valence-electron chi connectivity index (χ3n) is 3.11. The molecule has 0 heterocycles. The van der Waals surface area contributed by atoms with Crippen molar-refractivity contribution in [1.29, 1.82) is 0 Å². The van der Waals surface area contributed by atoms with Crippen molar-refractivity contribution >= 4 is 23.0 Å². The smallest absolute Gasteiger partial charge is 0.224 e. The van der Waals surface area contributed by atoms with E-state index in [2.05, 4.69) is 10.6 Å². The van der Waals surface area contributed by atoms with Crippen LogP contribution in [0.4, 0.5) is 17.1 Å². The molecule has 4 heteroatoms. The Balaban J connectivity index is 2.04. The third-order valence-corrected chi connectivity index (χ3v) is 3.11. The fourth-order valence-electron chi connectivity index (χ4n) is 2.09. The third kappa shape index (κ3) is 4.52. The Morgan fingerprint density at radius 1 is 1.00 bits per heavy atom. The number of hydrogen-bond acceptors (Lipinski definition) is 3. The van der Waals surface area contributed by atoms with Gasteiger partial charge in [0, 0.05) is 17.8 Å². The molecule has 1 amide bonds. The number of hydrogen-bond donors (Lipinski definition) is 2. The first kappa shape index (κ1) is 15.9. The zero-order valence-corrected chi connectivity index (χ0v) is 13.1. The van der Waals surface area contributed by atoms with Crippen molar-refractivity contribution in [2.75, 3.05) is 17.2 Å². The minimum Gasteiger partial charge on any atom is -0.492 e. The molecule has 0 saturated heterocycles. The molecule has 0 spiro atoms.